The number of benzene rings is 1. The van der Waals surface area contributed by atoms with Crippen molar-refractivity contribution in [3.05, 3.63) is 35.9 Å². The average molecular weight is 261 g/mol. The van der Waals surface area contributed by atoms with Crippen molar-refractivity contribution in [2.45, 2.75) is 31.3 Å². The van der Waals surface area contributed by atoms with E-state index in [1.54, 1.807) is 0 Å². The lowest BCUT2D eigenvalue weighted by Gasteiger charge is -2.39. The van der Waals surface area contributed by atoms with Crippen LogP contribution in [0.25, 0.3) is 0 Å². The monoisotopic (exact) mass is 261 g/mol. The van der Waals surface area contributed by atoms with Crippen molar-refractivity contribution in [3.8, 4) is 0 Å². The largest absolute Gasteiger partial charge is 0.321 e. The van der Waals surface area contributed by atoms with Gasteiger partial charge in [0, 0.05) is 19.1 Å². The molecule has 2 N–H and O–H groups in total. The molecule has 0 spiro atoms. The second kappa shape index (κ2) is 6.04. The molecule has 0 aromatic heterocycles. The Labute approximate surface area is 117 Å². The SMILES string of the molecule is CN1CCCC(N(C)CC(C)(N)c2ccccc2)C1. The normalized spacial score (nSPS) is 24.4. The van der Waals surface area contributed by atoms with Crippen LogP contribution < -0.4 is 5.73 Å². The minimum atomic E-state index is -0.286. The van der Waals surface area contributed by atoms with Crippen molar-refractivity contribution in [1.29, 1.82) is 0 Å². The standard InChI is InChI=1S/C16H27N3/c1-16(17,14-8-5-4-6-9-14)13-19(3)15-10-7-11-18(2)12-15/h4-6,8-9,15H,7,10-13,17H2,1-3H3. The highest BCUT2D eigenvalue weighted by molar-refractivity contribution is 5.23. The summed E-state index contributed by atoms with van der Waals surface area (Å²) in [6.45, 7) is 5.41. The quantitative estimate of drug-likeness (QED) is 0.898. The van der Waals surface area contributed by atoms with Crippen molar-refractivity contribution in [1.82, 2.24) is 9.80 Å². The molecule has 1 heterocycles. The summed E-state index contributed by atoms with van der Waals surface area (Å²) in [7, 11) is 4.41. The van der Waals surface area contributed by atoms with E-state index in [0.717, 1.165) is 13.1 Å². The van der Waals surface area contributed by atoms with Gasteiger partial charge >= 0.3 is 0 Å². The van der Waals surface area contributed by atoms with Crippen molar-refractivity contribution >= 4 is 0 Å². The van der Waals surface area contributed by atoms with E-state index in [4.69, 9.17) is 5.73 Å². The lowest BCUT2D eigenvalue weighted by atomic mass is 9.91. The van der Waals surface area contributed by atoms with E-state index in [0.29, 0.717) is 6.04 Å². The molecule has 0 aliphatic carbocycles. The predicted octanol–water partition coefficient (Wildman–Crippen LogP) is 1.89. The molecule has 0 bridgehead atoms. The van der Waals surface area contributed by atoms with E-state index in [1.165, 1.54) is 24.9 Å². The van der Waals surface area contributed by atoms with E-state index in [-0.39, 0.29) is 5.54 Å². The fourth-order valence-corrected chi connectivity index (χ4v) is 3.06. The van der Waals surface area contributed by atoms with Crippen LogP contribution in [0.5, 0.6) is 0 Å². The predicted molar refractivity (Wildman–Crippen MR) is 81.1 cm³/mol. The highest BCUT2D eigenvalue weighted by Crippen LogP contribution is 2.21. The zero-order valence-electron chi connectivity index (χ0n) is 12.5. The molecule has 0 radical (unpaired) electrons. The number of hydrogen-bond donors (Lipinski definition) is 1. The van der Waals surface area contributed by atoms with E-state index >= 15 is 0 Å². The molecular formula is C16H27N3. The lowest BCUT2D eigenvalue weighted by Crippen LogP contribution is -2.51. The fraction of sp³-hybridized carbons (Fsp3) is 0.625. The molecular weight excluding hydrogens is 234 g/mol. The van der Waals surface area contributed by atoms with Gasteiger partial charge in [0.15, 0.2) is 0 Å². The van der Waals surface area contributed by atoms with E-state index in [9.17, 15) is 0 Å². The van der Waals surface area contributed by atoms with Gasteiger partial charge in [0.05, 0.1) is 5.54 Å². The van der Waals surface area contributed by atoms with Gasteiger partial charge in [0.1, 0.15) is 0 Å². The Morgan fingerprint density at radius 2 is 2.05 bits per heavy atom. The Morgan fingerprint density at radius 3 is 2.68 bits per heavy atom. The van der Waals surface area contributed by atoms with Gasteiger partial charge in [-0.1, -0.05) is 30.3 Å². The number of nitrogens with zero attached hydrogens (tertiary/aromatic N) is 2. The van der Waals surface area contributed by atoms with Crippen LogP contribution in [0.4, 0.5) is 0 Å². The number of rotatable bonds is 4. The van der Waals surface area contributed by atoms with Gasteiger partial charge in [-0.2, -0.15) is 0 Å². The first-order valence-electron chi connectivity index (χ1n) is 7.22. The number of likely N-dealkylation sites (N-methyl/N-ethyl adjacent to an activating group) is 2. The van der Waals surface area contributed by atoms with Gasteiger partial charge in [-0.3, -0.25) is 4.90 Å². The van der Waals surface area contributed by atoms with Crippen molar-refractivity contribution in [2.24, 2.45) is 5.73 Å². The Hall–Kier alpha value is -0.900. The van der Waals surface area contributed by atoms with Crippen LogP contribution in [0.3, 0.4) is 0 Å². The van der Waals surface area contributed by atoms with Crippen LogP contribution in [0.1, 0.15) is 25.3 Å². The highest BCUT2D eigenvalue weighted by atomic mass is 15.2. The van der Waals surface area contributed by atoms with Gasteiger partial charge in [-0.15, -0.1) is 0 Å². The summed E-state index contributed by atoms with van der Waals surface area (Å²) in [5.74, 6) is 0. The van der Waals surface area contributed by atoms with Crippen LogP contribution in [-0.4, -0.2) is 49.6 Å². The van der Waals surface area contributed by atoms with Crippen LogP contribution in [0.2, 0.25) is 0 Å². The first kappa shape index (κ1) is 14.5. The van der Waals surface area contributed by atoms with Gasteiger partial charge in [-0.05, 0) is 46.0 Å². The maximum absolute atomic E-state index is 6.53. The summed E-state index contributed by atoms with van der Waals surface area (Å²) < 4.78 is 0. The third kappa shape index (κ3) is 3.78. The topological polar surface area (TPSA) is 32.5 Å². The molecule has 1 aliphatic heterocycles. The highest BCUT2D eigenvalue weighted by Gasteiger charge is 2.28. The molecule has 2 unspecified atom stereocenters. The summed E-state index contributed by atoms with van der Waals surface area (Å²) >= 11 is 0. The lowest BCUT2D eigenvalue weighted by molar-refractivity contribution is 0.115. The molecule has 1 aromatic rings. The summed E-state index contributed by atoms with van der Waals surface area (Å²) in [5.41, 5.74) is 7.45. The molecule has 3 nitrogen and oxygen atoms in total. The molecule has 1 fully saturated rings. The molecule has 1 saturated heterocycles. The molecule has 1 aromatic carbocycles. The Morgan fingerprint density at radius 1 is 1.37 bits per heavy atom. The second-order valence-corrected chi connectivity index (χ2v) is 6.26. The summed E-state index contributed by atoms with van der Waals surface area (Å²) in [6.07, 6.45) is 2.57. The number of piperidine rings is 1. The number of nitrogens with two attached hydrogens (primary N) is 1. The molecule has 2 rings (SSSR count). The first-order valence-corrected chi connectivity index (χ1v) is 7.22. The summed E-state index contributed by atoms with van der Waals surface area (Å²) in [4.78, 5) is 4.85. The number of hydrogen-bond acceptors (Lipinski definition) is 3. The maximum Gasteiger partial charge on any atom is 0.0509 e. The second-order valence-electron chi connectivity index (χ2n) is 6.26. The fourth-order valence-electron chi connectivity index (χ4n) is 3.06. The van der Waals surface area contributed by atoms with Crippen LogP contribution in [0, 0.1) is 0 Å². The van der Waals surface area contributed by atoms with Crippen molar-refractivity contribution in [3.63, 3.8) is 0 Å². The molecule has 0 amide bonds. The summed E-state index contributed by atoms with van der Waals surface area (Å²) in [5, 5.41) is 0. The molecule has 0 saturated carbocycles. The Kier molecular flexibility index (Phi) is 4.61. The smallest absolute Gasteiger partial charge is 0.0509 e. The van der Waals surface area contributed by atoms with E-state index in [2.05, 4.69) is 55.1 Å². The molecule has 19 heavy (non-hydrogen) atoms. The molecule has 106 valence electrons. The Balaban J connectivity index is 1.99. The zero-order chi connectivity index (χ0) is 13.9. The Bertz CT molecular complexity index is 388. The molecule has 1 aliphatic rings. The van der Waals surface area contributed by atoms with Crippen LogP contribution in [-0.2, 0) is 5.54 Å². The summed E-state index contributed by atoms with van der Waals surface area (Å²) in [6, 6.07) is 11.1. The van der Waals surface area contributed by atoms with Crippen molar-refractivity contribution in [2.75, 3.05) is 33.7 Å². The zero-order valence-corrected chi connectivity index (χ0v) is 12.5. The van der Waals surface area contributed by atoms with Gasteiger partial charge < -0.3 is 10.6 Å². The van der Waals surface area contributed by atoms with E-state index in [1.807, 2.05) is 6.07 Å². The third-order valence-electron chi connectivity index (χ3n) is 4.23. The number of likely N-dealkylation sites (tertiary alicyclic amines) is 1. The van der Waals surface area contributed by atoms with Crippen molar-refractivity contribution < 1.29 is 0 Å². The van der Waals surface area contributed by atoms with Crippen LogP contribution >= 0.6 is 0 Å². The third-order valence-corrected chi connectivity index (χ3v) is 4.23. The van der Waals surface area contributed by atoms with Gasteiger partial charge in [0.2, 0.25) is 0 Å². The maximum atomic E-state index is 6.53. The van der Waals surface area contributed by atoms with Crippen LogP contribution in [0.15, 0.2) is 30.3 Å². The minimum Gasteiger partial charge on any atom is -0.321 e. The van der Waals surface area contributed by atoms with Gasteiger partial charge in [-0.25, -0.2) is 0 Å². The molecule has 2 atom stereocenters. The first-order chi connectivity index (χ1) is 8.99. The van der Waals surface area contributed by atoms with Gasteiger partial charge in [0.25, 0.3) is 0 Å². The minimum absolute atomic E-state index is 0.286. The van der Waals surface area contributed by atoms with E-state index < -0.39 is 0 Å². The average Bonchev–Trinajstić information content (AvgIpc) is 2.39. The molecule has 3 heteroatoms.